The standard InChI is InChI=1S/C13H19BrN2OS/c1-8-5-11(6-9(2)12(8)14)16-13(18)15-10(3)7-17-4/h5-6,10H,7H2,1-4H3,(H2,15,16,18). The molecule has 100 valence electrons. The minimum absolute atomic E-state index is 0.188. The van der Waals surface area contributed by atoms with Crippen molar-refractivity contribution in [2.45, 2.75) is 26.8 Å². The predicted octanol–water partition coefficient (Wildman–Crippen LogP) is 3.39. The second-order valence-corrected chi connectivity index (χ2v) is 5.58. The molecule has 0 bridgehead atoms. The van der Waals surface area contributed by atoms with Crippen LogP contribution < -0.4 is 10.6 Å². The number of ether oxygens (including phenoxy) is 1. The topological polar surface area (TPSA) is 33.3 Å². The molecule has 1 aromatic carbocycles. The third-order valence-electron chi connectivity index (χ3n) is 2.49. The Bertz CT molecular complexity index is 414. The van der Waals surface area contributed by atoms with Crippen molar-refractivity contribution in [1.82, 2.24) is 5.32 Å². The van der Waals surface area contributed by atoms with Gasteiger partial charge in [0.1, 0.15) is 0 Å². The Labute approximate surface area is 122 Å². The number of halogens is 1. The summed E-state index contributed by atoms with van der Waals surface area (Å²) < 4.78 is 6.19. The van der Waals surface area contributed by atoms with E-state index in [0.717, 1.165) is 10.2 Å². The van der Waals surface area contributed by atoms with Gasteiger partial charge in [-0.25, -0.2) is 0 Å². The lowest BCUT2D eigenvalue weighted by molar-refractivity contribution is 0.179. The summed E-state index contributed by atoms with van der Waals surface area (Å²) in [6.07, 6.45) is 0. The van der Waals surface area contributed by atoms with Gasteiger partial charge in [-0.2, -0.15) is 0 Å². The molecule has 1 unspecified atom stereocenters. The van der Waals surface area contributed by atoms with Gasteiger partial charge >= 0.3 is 0 Å². The molecule has 0 aliphatic heterocycles. The van der Waals surface area contributed by atoms with Crippen molar-refractivity contribution in [3.8, 4) is 0 Å². The van der Waals surface area contributed by atoms with Crippen molar-refractivity contribution in [2.75, 3.05) is 19.0 Å². The number of rotatable bonds is 4. The smallest absolute Gasteiger partial charge is 0.171 e. The maximum atomic E-state index is 5.26. The van der Waals surface area contributed by atoms with Crippen LogP contribution in [0, 0.1) is 13.8 Å². The van der Waals surface area contributed by atoms with E-state index in [9.17, 15) is 0 Å². The lowest BCUT2D eigenvalue weighted by atomic mass is 10.1. The van der Waals surface area contributed by atoms with Crippen molar-refractivity contribution >= 4 is 38.9 Å². The molecule has 0 saturated heterocycles. The van der Waals surface area contributed by atoms with Crippen LogP contribution in [0.25, 0.3) is 0 Å². The maximum absolute atomic E-state index is 5.26. The Morgan fingerprint density at radius 1 is 1.39 bits per heavy atom. The zero-order valence-electron chi connectivity index (χ0n) is 11.1. The van der Waals surface area contributed by atoms with Gasteiger partial charge in [0.05, 0.1) is 6.61 Å². The molecule has 0 saturated carbocycles. The van der Waals surface area contributed by atoms with Gasteiger partial charge < -0.3 is 15.4 Å². The van der Waals surface area contributed by atoms with Gasteiger partial charge in [0, 0.05) is 23.3 Å². The van der Waals surface area contributed by atoms with Crippen LogP contribution in [0.5, 0.6) is 0 Å². The lowest BCUT2D eigenvalue weighted by Gasteiger charge is -2.17. The Morgan fingerprint density at radius 2 is 1.94 bits per heavy atom. The van der Waals surface area contributed by atoms with Crippen LogP contribution in [0.2, 0.25) is 0 Å². The SMILES string of the molecule is COCC(C)NC(=S)Nc1cc(C)c(Br)c(C)c1. The fourth-order valence-corrected chi connectivity index (χ4v) is 2.25. The summed E-state index contributed by atoms with van der Waals surface area (Å²) in [4.78, 5) is 0. The predicted molar refractivity (Wildman–Crippen MR) is 84.3 cm³/mol. The summed E-state index contributed by atoms with van der Waals surface area (Å²) in [6, 6.07) is 4.31. The van der Waals surface area contributed by atoms with E-state index in [1.54, 1.807) is 7.11 Å². The van der Waals surface area contributed by atoms with Crippen LogP contribution in [0.1, 0.15) is 18.1 Å². The number of aryl methyl sites for hydroxylation is 2. The van der Waals surface area contributed by atoms with Crippen LogP contribution in [-0.4, -0.2) is 24.9 Å². The zero-order chi connectivity index (χ0) is 13.7. The summed E-state index contributed by atoms with van der Waals surface area (Å²) in [5.41, 5.74) is 3.37. The van der Waals surface area contributed by atoms with E-state index in [2.05, 4.69) is 52.5 Å². The zero-order valence-corrected chi connectivity index (χ0v) is 13.5. The van der Waals surface area contributed by atoms with Crippen LogP contribution in [0.15, 0.2) is 16.6 Å². The molecule has 1 rings (SSSR count). The molecule has 18 heavy (non-hydrogen) atoms. The highest BCUT2D eigenvalue weighted by Gasteiger charge is 2.06. The summed E-state index contributed by atoms with van der Waals surface area (Å²) in [7, 11) is 1.68. The summed E-state index contributed by atoms with van der Waals surface area (Å²) >= 11 is 8.80. The molecule has 5 heteroatoms. The average Bonchev–Trinajstić information content (AvgIpc) is 2.25. The Balaban J connectivity index is 2.65. The van der Waals surface area contributed by atoms with Gasteiger partial charge in [-0.15, -0.1) is 0 Å². The number of thiocarbonyl (C=S) groups is 1. The van der Waals surface area contributed by atoms with Gasteiger partial charge in [0.2, 0.25) is 0 Å². The largest absolute Gasteiger partial charge is 0.383 e. The molecule has 0 fully saturated rings. The number of nitrogens with one attached hydrogen (secondary N) is 2. The molecule has 3 nitrogen and oxygen atoms in total. The highest BCUT2D eigenvalue weighted by Crippen LogP contribution is 2.24. The minimum Gasteiger partial charge on any atom is -0.383 e. The fraction of sp³-hybridized carbons (Fsp3) is 0.462. The molecular weight excluding hydrogens is 312 g/mol. The first kappa shape index (κ1) is 15.4. The van der Waals surface area contributed by atoms with Gasteiger partial charge in [-0.1, -0.05) is 15.9 Å². The van der Waals surface area contributed by atoms with Crippen LogP contribution >= 0.6 is 28.1 Å². The highest BCUT2D eigenvalue weighted by molar-refractivity contribution is 9.10. The summed E-state index contributed by atoms with van der Waals surface area (Å²) in [5, 5.41) is 6.96. The van der Waals surface area contributed by atoms with E-state index < -0.39 is 0 Å². The molecule has 1 atom stereocenters. The Kier molecular flexibility index (Phi) is 6.05. The van der Waals surface area contributed by atoms with Gasteiger partial charge in [0.15, 0.2) is 5.11 Å². The monoisotopic (exact) mass is 330 g/mol. The molecule has 0 spiro atoms. The highest BCUT2D eigenvalue weighted by atomic mass is 79.9. The first-order valence-corrected chi connectivity index (χ1v) is 6.97. The van der Waals surface area contributed by atoms with E-state index in [4.69, 9.17) is 17.0 Å². The van der Waals surface area contributed by atoms with Gasteiger partial charge in [-0.3, -0.25) is 0 Å². The van der Waals surface area contributed by atoms with Gasteiger partial charge in [-0.05, 0) is 56.2 Å². The van der Waals surface area contributed by atoms with E-state index in [1.165, 1.54) is 11.1 Å². The second kappa shape index (κ2) is 7.07. The number of benzene rings is 1. The number of methoxy groups -OCH3 is 1. The second-order valence-electron chi connectivity index (χ2n) is 4.38. The summed E-state index contributed by atoms with van der Waals surface area (Å²) in [6.45, 7) is 6.77. The van der Waals surface area contributed by atoms with E-state index >= 15 is 0 Å². The molecule has 0 heterocycles. The molecule has 0 aliphatic rings. The normalized spacial score (nSPS) is 12.1. The fourth-order valence-electron chi connectivity index (χ4n) is 1.70. The number of hydrogen-bond donors (Lipinski definition) is 2. The first-order valence-electron chi connectivity index (χ1n) is 5.77. The van der Waals surface area contributed by atoms with Crippen molar-refractivity contribution in [1.29, 1.82) is 0 Å². The van der Waals surface area contributed by atoms with Crippen LogP contribution in [0.3, 0.4) is 0 Å². The van der Waals surface area contributed by atoms with Crippen LogP contribution in [-0.2, 0) is 4.74 Å². The lowest BCUT2D eigenvalue weighted by Crippen LogP contribution is -2.38. The molecular formula is C13H19BrN2OS. The Morgan fingerprint density at radius 3 is 2.44 bits per heavy atom. The van der Waals surface area contributed by atoms with E-state index in [-0.39, 0.29) is 6.04 Å². The Hall–Kier alpha value is -0.650. The van der Waals surface area contributed by atoms with Crippen LogP contribution in [0.4, 0.5) is 5.69 Å². The van der Waals surface area contributed by atoms with Crippen molar-refractivity contribution in [3.63, 3.8) is 0 Å². The van der Waals surface area contributed by atoms with Crippen molar-refractivity contribution in [2.24, 2.45) is 0 Å². The van der Waals surface area contributed by atoms with E-state index in [1.807, 2.05) is 6.92 Å². The quantitative estimate of drug-likeness (QED) is 0.829. The first-order chi connectivity index (χ1) is 8.43. The average molecular weight is 331 g/mol. The van der Waals surface area contributed by atoms with Crippen molar-refractivity contribution in [3.05, 3.63) is 27.7 Å². The van der Waals surface area contributed by atoms with Crippen molar-refractivity contribution < 1.29 is 4.74 Å². The molecule has 2 N–H and O–H groups in total. The molecule has 1 aromatic rings. The summed E-state index contributed by atoms with van der Waals surface area (Å²) in [5.74, 6) is 0. The number of anilines is 1. The molecule has 0 aromatic heterocycles. The third kappa shape index (κ3) is 4.55. The maximum Gasteiger partial charge on any atom is 0.171 e. The third-order valence-corrected chi connectivity index (χ3v) is 3.96. The molecule has 0 aliphatic carbocycles. The van der Waals surface area contributed by atoms with Gasteiger partial charge in [0.25, 0.3) is 0 Å². The van der Waals surface area contributed by atoms with E-state index in [0.29, 0.717) is 11.7 Å². The molecule has 0 amide bonds. The number of hydrogen-bond acceptors (Lipinski definition) is 2. The molecule has 0 radical (unpaired) electrons. The minimum atomic E-state index is 0.188.